The second-order valence-corrected chi connectivity index (χ2v) is 5.00. The fraction of sp³-hybridized carbons (Fsp3) is 0.429. The molecule has 1 aromatic rings. The Kier molecular flexibility index (Phi) is 3.06. The summed E-state index contributed by atoms with van der Waals surface area (Å²) in [4.78, 5) is 0. The van der Waals surface area contributed by atoms with E-state index in [1.807, 2.05) is 13.0 Å². The first-order valence-electron chi connectivity index (χ1n) is 6.17. The van der Waals surface area contributed by atoms with Crippen LogP contribution in [-0.4, -0.2) is 17.8 Å². The molecule has 0 aromatic heterocycles. The molecule has 3 atom stereocenters. The molecular formula is C14H15ClO3. The first-order valence-corrected chi connectivity index (χ1v) is 6.55. The van der Waals surface area contributed by atoms with Crippen LogP contribution < -0.4 is 4.74 Å². The molecule has 96 valence electrons. The van der Waals surface area contributed by atoms with E-state index >= 15 is 0 Å². The van der Waals surface area contributed by atoms with E-state index in [0.717, 1.165) is 17.7 Å². The summed E-state index contributed by atoms with van der Waals surface area (Å²) in [5, 5.41) is 10.6. The highest BCUT2D eigenvalue weighted by atomic mass is 35.5. The summed E-state index contributed by atoms with van der Waals surface area (Å²) in [5.41, 5.74) is 1.68. The lowest BCUT2D eigenvalue weighted by Gasteiger charge is -2.15. The van der Waals surface area contributed by atoms with Gasteiger partial charge in [0.05, 0.1) is 5.56 Å². The Hall–Kier alpha value is -1.03. The van der Waals surface area contributed by atoms with Gasteiger partial charge in [0.1, 0.15) is 11.9 Å². The van der Waals surface area contributed by atoms with E-state index in [-0.39, 0.29) is 12.0 Å². The van der Waals surface area contributed by atoms with Gasteiger partial charge in [-0.25, -0.2) is 0 Å². The molecule has 3 unspecified atom stereocenters. The lowest BCUT2D eigenvalue weighted by atomic mass is 9.97. The molecule has 3 rings (SSSR count). The molecular weight excluding hydrogens is 252 g/mol. The summed E-state index contributed by atoms with van der Waals surface area (Å²) < 4.78 is 11.2. The number of benzene rings is 1. The Morgan fingerprint density at radius 1 is 1.56 bits per heavy atom. The molecule has 0 amide bonds. The van der Waals surface area contributed by atoms with Crippen LogP contribution in [0.2, 0.25) is 5.02 Å². The highest BCUT2D eigenvalue weighted by Gasteiger charge is 2.37. The van der Waals surface area contributed by atoms with Crippen LogP contribution >= 0.6 is 11.6 Å². The molecule has 1 heterocycles. The van der Waals surface area contributed by atoms with Gasteiger partial charge in [-0.3, -0.25) is 0 Å². The number of fused-ring (bicyclic) bond motifs is 3. The van der Waals surface area contributed by atoms with Crippen molar-refractivity contribution in [3.05, 3.63) is 40.4 Å². The largest absolute Gasteiger partial charge is 0.488 e. The van der Waals surface area contributed by atoms with Crippen LogP contribution in [0.3, 0.4) is 0 Å². The van der Waals surface area contributed by atoms with Crippen molar-refractivity contribution in [3.8, 4) is 5.75 Å². The van der Waals surface area contributed by atoms with Crippen LogP contribution in [-0.2, 0) is 4.74 Å². The third-order valence-corrected chi connectivity index (χ3v) is 3.66. The fourth-order valence-electron chi connectivity index (χ4n) is 2.66. The third kappa shape index (κ3) is 1.83. The summed E-state index contributed by atoms with van der Waals surface area (Å²) in [6.45, 7) is 2.28. The molecule has 4 heteroatoms. The Balaban J connectivity index is 2.04. The second-order valence-electron chi connectivity index (χ2n) is 4.57. The van der Waals surface area contributed by atoms with Crippen molar-refractivity contribution >= 4 is 11.6 Å². The van der Waals surface area contributed by atoms with Gasteiger partial charge in [0.25, 0.3) is 0 Å². The quantitative estimate of drug-likeness (QED) is 0.675. The van der Waals surface area contributed by atoms with Crippen molar-refractivity contribution in [1.29, 1.82) is 0 Å². The summed E-state index contributed by atoms with van der Waals surface area (Å²) >= 11 is 6.12. The molecule has 3 nitrogen and oxygen atoms in total. The van der Waals surface area contributed by atoms with E-state index in [1.165, 1.54) is 0 Å². The summed E-state index contributed by atoms with van der Waals surface area (Å²) in [6.07, 6.45) is 4.33. The van der Waals surface area contributed by atoms with Gasteiger partial charge in [-0.1, -0.05) is 23.8 Å². The Morgan fingerprint density at radius 2 is 2.39 bits per heavy atom. The van der Waals surface area contributed by atoms with E-state index < -0.39 is 6.29 Å². The van der Waals surface area contributed by atoms with Crippen LogP contribution in [0.25, 0.3) is 0 Å². The minimum atomic E-state index is -0.981. The van der Waals surface area contributed by atoms with Gasteiger partial charge in [-0.15, -0.1) is 0 Å². The zero-order valence-electron chi connectivity index (χ0n) is 10.1. The zero-order chi connectivity index (χ0) is 12.7. The molecule has 2 aliphatic rings. The molecule has 1 aromatic carbocycles. The topological polar surface area (TPSA) is 38.7 Å². The number of rotatable bonds is 3. The van der Waals surface area contributed by atoms with Crippen molar-refractivity contribution in [1.82, 2.24) is 0 Å². The van der Waals surface area contributed by atoms with Crippen LogP contribution in [0.5, 0.6) is 5.75 Å². The number of aliphatic hydroxyl groups is 1. The van der Waals surface area contributed by atoms with Crippen LogP contribution in [0, 0.1) is 0 Å². The smallest absolute Gasteiger partial charge is 0.184 e. The van der Waals surface area contributed by atoms with Gasteiger partial charge in [-0.05, 0) is 19.1 Å². The minimum Gasteiger partial charge on any atom is -0.488 e. The first-order chi connectivity index (χ1) is 8.70. The standard InChI is InChI=1S/C14H15ClO3/c1-2-17-14(16)11-7-8(15)6-10-9-4-3-5-12(9)18-13(10)11/h3-4,6-7,9,12,14,16H,2,5H2,1H3. The Morgan fingerprint density at radius 3 is 3.17 bits per heavy atom. The van der Waals surface area contributed by atoms with Crippen LogP contribution in [0.15, 0.2) is 24.3 Å². The zero-order valence-corrected chi connectivity index (χ0v) is 10.9. The van der Waals surface area contributed by atoms with Crippen molar-refractivity contribution in [2.24, 2.45) is 0 Å². The molecule has 0 saturated heterocycles. The average Bonchev–Trinajstić information content (AvgIpc) is 2.89. The molecule has 0 spiro atoms. The van der Waals surface area contributed by atoms with Gasteiger partial charge in [0.15, 0.2) is 6.29 Å². The molecule has 1 N–H and O–H groups in total. The third-order valence-electron chi connectivity index (χ3n) is 3.44. The number of aliphatic hydroxyl groups excluding tert-OH is 1. The maximum atomic E-state index is 9.99. The molecule has 0 radical (unpaired) electrons. The molecule has 0 saturated carbocycles. The Bertz CT molecular complexity index is 498. The van der Waals surface area contributed by atoms with Crippen molar-refractivity contribution in [3.63, 3.8) is 0 Å². The Labute approximate surface area is 111 Å². The van der Waals surface area contributed by atoms with Crippen molar-refractivity contribution < 1.29 is 14.6 Å². The molecule has 0 bridgehead atoms. The number of halogens is 1. The van der Waals surface area contributed by atoms with Crippen molar-refractivity contribution in [2.75, 3.05) is 6.61 Å². The van der Waals surface area contributed by atoms with E-state index in [4.69, 9.17) is 21.1 Å². The summed E-state index contributed by atoms with van der Waals surface area (Å²) in [7, 11) is 0. The first kappa shape index (κ1) is 12.0. The molecule has 1 aliphatic heterocycles. The monoisotopic (exact) mass is 266 g/mol. The van der Waals surface area contributed by atoms with Gasteiger partial charge < -0.3 is 14.6 Å². The highest BCUT2D eigenvalue weighted by molar-refractivity contribution is 6.30. The van der Waals surface area contributed by atoms with E-state index in [1.54, 1.807) is 6.07 Å². The van der Waals surface area contributed by atoms with Gasteiger partial charge in [-0.2, -0.15) is 0 Å². The number of hydrogen-bond donors (Lipinski definition) is 1. The number of hydrogen-bond acceptors (Lipinski definition) is 3. The maximum absolute atomic E-state index is 9.99. The van der Waals surface area contributed by atoms with Gasteiger partial charge in [0.2, 0.25) is 0 Å². The SMILES string of the molecule is CCOC(O)c1cc(Cl)cc2c1OC1CC=CC21. The maximum Gasteiger partial charge on any atom is 0.184 e. The predicted molar refractivity (Wildman–Crippen MR) is 69.0 cm³/mol. The van der Waals surface area contributed by atoms with Crippen LogP contribution in [0.4, 0.5) is 0 Å². The van der Waals surface area contributed by atoms with Crippen molar-refractivity contribution in [2.45, 2.75) is 31.7 Å². The predicted octanol–water partition coefficient (Wildman–Crippen LogP) is 3.17. The fourth-order valence-corrected chi connectivity index (χ4v) is 2.89. The average molecular weight is 267 g/mol. The molecule has 18 heavy (non-hydrogen) atoms. The normalized spacial score (nSPS) is 25.7. The van der Waals surface area contributed by atoms with E-state index in [2.05, 4.69) is 12.2 Å². The van der Waals surface area contributed by atoms with E-state index in [0.29, 0.717) is 17.2 Å². The molecule has 1 aliphatic carbocycles. The lowest BCUT2D eigenvalue weighted by molar-refractivity contribution is -0.0991. The lowest BCUT2D eigenvalue weighted by Crippen LogP contribution is -2.12. The van der Waals surface area contributed by atoms with Gasteiger partial charge in [0, 0.05) is 29.5 Å². The summed E-state index contributed by atoms with van der Waals surface area (Å²) in [5.74, 6) is 0.992. The van der Waals surface area contributed by atoms with Gasteiger partial charge >= 0.3 is 0 Å². The van der Waals surface area contributed by atoms with E-state index in [9.17, 15) is 5.11 Å². The molecule has 0 fully saturated rings. The second kappa shape index (κ2) is 4.57. The number of ether oxygens (including phenoxy) is 2. The summed E-state index contributed by atoms with van der Waals surface area (Å²) in [6, 6.07) is 3.63. The highest BCUT2D eigenvalue weighted by Crippen LogP contribution is 2.48. The minimum absolute atomic E-state index is 0.144. The van der Waals surface area contributed by atoms with Crippen LogP contribution in [0.1, 0.15) is 36.7 Å².